The molecular formula is C22H20FN3O4. The molecule has 154 valence electrons. The van der Waals surface area contributed by atoms with Crippen molar-refractivity contribution in [1.82, 2.24) is 15.3 Å². The zero-order valence-electron chi connectivity index (χ0n) is 16.5. The van der Waals surface area contributed by atoms with Crippen molar-refractivity contribution in [2.24, 2.45) is 0 Å². The maximum Gasteiger partial charge on any atom is 0.339 e. The molecule has 0 aliphatic heterocycles. The number of amides is 1. The van der Waals surface area contributed by atoms with Crippen molar-refractivity contribution in [2.75, 3.05) is 6.61 Å². The number of carbonyl (C=O) groups is 2. The number of halogens is 1. The van der Waals surface area contributed by atoms with E-state index in [1.807, 2.05) is 0 Å². The summed E-state index contributed by atoms with van der Waals surface area (Å²) < 4.78 is 23.4. The van der Waals surface area contributed by atoms with Crippen LogP contribution in [0.25, 0.3) is 0 Å². The predicted molar refractivity (Wildman–Crippen MR) is 107 cm³/mol. The highest BCUT2D eigenvalue weighted by molar-refractivity contribution is 5.95. The molecule has 0 bridgehead atoms. The average Bonchev–Trinajstić information content (AvgIpc) is 2.74. The molecule has 1 N–H and O–H groups in total. The third-order valence-corrected chi connectivity index (χ3v) is 4.10. The summed E-state index contributed by atoms with van der Waals surface area (Å²) in [5.74, 6) is -0.369. The van der Waals surface area contributed by atoms with Gasteiger partial charge in [-0.15, -0.1) is 0 Å². The lowest BCUT2D eigenvalue weighted by atomic mass is 10.2. The first-order chi connectivity index (χ1) is 14.5. The highest BCUT2D eigenvalue weighted by Crippen LogP contribution is 2.19. The van der Waals surface area contributed by atoms with Crippen LogP contribution in [-0.4, -0.2) is 28.5 Å². The number of nitrogens with one attached hydrogen (secondary N) is 1. The molecular weight excluding hydrogens is 389 g/mol. The van der Waals surface area contributed by atoms with Gasteiger partial charge in [-0.05, 0) is 55.8 Å². The number of esters is 1. The zero-order valence-corrected chi connectivity index (χ0v) is 16.5. The Balaban J connectivity index is 1.57. The van der Waals surface area contributed by atoms with Gasteiger partial charge < -0.3 is 14.8 Å². The summed E-state index contributed by atoms with van der Waals surface area (Å²) in [6, 6.07) is 12.0. The fraction of sp³-hybridized carbons (Fsp3) is 0.182. The maximum atomic E-state index is 12.9. The highest BCUT2D eigenvalue weighted by atomic mass is 19.1. The van der Waals surface area contributed by atoms with Crippen molar-refractivity contribution in [2.45, 2.75) is 20.4 Å². The molecule has 3 aromatic rings. The lowest BCUT2D eigenvalue weighted by Gasteiger charge is -2.09. The first-order valence-corrected chi connectivity index (χ1v) is 9.27. The van der Waals surface area contributed by atoms with Crippen LogP contribution in [0, 0.1) is 12.7 Å². The van der Waals surface area contributed by atoms with Gasteiger partial charge in [-0.2, -0.15) is 0 Å². The molecule has 8 heteroatoms. The molecule has 0 radical (unpaired) electrons. The summed E-state index contributed by atoms with van der Waals surface area (Å²) >= 11 is 0. The number of aromatic nitrogens is 2. The summed E-state index contributed by atoms with van der Waals surface area (Å²) in [6.07, 6.45) is 1.57. The molecule has 0 fully saturated rings. The van der Waals surface area contributed by atoms with Crippen LogP contribution in [0.4, 0.5) is 4.39 Å². The van der Waals surface area contributed by atoms with Gasteiger partial charge in [-0.3, -0.25) is 4.79 Å². The van der Waals surface area contributed by atoms with Crippen molar-refractivity contribution in [3.05, 3.63) is 83.1 Å². The van der Waals surface area contributed by atoms with Crippen LogP contribution in [0.2, 0.25) is 0 Å². The zero-order chi connectivity index (χ0) is 21.5. The second kappa shape index (κ2) is 9.60. The number of hydrogen-bond acceptors (Lipinski definition) is 6. The highest BCUT2D eigenvalue weighted by Gasteiger charge is 2.14. The summed E-state index contributed by atoms with van der Waals surface area (Å²) in [7, 11) is 0. The Bertz CT molecular complexity index is 1040. The molecule has 7 nitrogen and oxygen atoms in total. The van der Waals surface area contributed by atoms with E-state index in [4.69, 9.17) is 9.47 Å². The maximum absolute atomic E-state index is 12.9. The molecule has 2 heterocycles. The van der Waals surface area contributed by atoms with E-state index in [9.17, 15) is 14.0 Å². The minimum atomic E-state index is -0.469. The fourth-order valence-electron chi connectivity index (χ4n) is 2.58. The van der Waals surface area contributed by atoms with Crippen LogP contribution in [0.3, 0.4) is 0 Å². The first kappa shape index (κ1) is 20.9. The van der Waals surface area contributed by atoms with E-state index in [0.717, 1.165) is 5.56 Å². The topological polar surface area (TPSA) is 90.4 Å². The molecule has 0 unspecified atom stereocenters. The van der Waals surface area contributed by atoms with Gasteiger partial charge in [-0.25, -0.2) is 19.2 Å². The van der Waals surface area contributed by atoms with Crippen molar-refractivity contribution in [3.8, 4) is 11.6 Å². The second-order valence-electron chi connectivity index (χ2n) is 6.29. The van der Waals surface area contributed by atoms with Crippen LogP contribution < -0.4 is 10.1 Å². The standard InChI is InChI=1S/C22H20FN3O4/c1-3-29-22(28)18-9-10-19(26-14(18)2)21(27)25-13-15-4-11-20(24-12-15)30-17-7-5-16(23)6-8-17/h4-12H,3,13H2,1-2H3,(H,25,27). The lowest BCUT2D eigenvalue weighted by Crippen LogP contribution is -2.24. The Hall–Kier alpha value is -3.81. The van der Waals surface area contributed by atoms with Gasteiger partial charge in [0.1, 0.15) is 17.3 Å². The Kier molecular flexibility index (Phi) is 6.69. The average molecular weight is 409 g/mol. The summed E-state index contributed by atoms with van der Waals surface area (Å²) in [6.45, 7) is 3.87. The number of nitrogens with zero attached hydrogens (tertiary/aromatic N) is 2. The lowest BCUT2D eigenvalue weighted by molar-refractivity contribution is 0.0524. The molecule has 3 rings (SSSR count). The normalized spacial score (nSPS) is 10.4. The number of benzene rings is 1. The Morgan fingerprint density at radius 2 is 1.83 bits per heavy atom. The quantitative estimate of drug-likeness (QED) is 0.597. The molecule has 30 heavy (non-hydrogen) atoms. The van der Waals surface area contributed by atoms with E-state index >= 15 is 0 Å². The summed E-state index contributed by atoms with van der Waals surface area (Å²) in [5.41, 5.74) is 1.71. The van der Waals surface area contributed by atoms with Crippen molar-refractivity contribution in [1.29, 1.82) is 0 Å². The molecule has 0 aliphatic carbocycles. The second-order valence-corrected chi connectivity index (χ2v) is 6.29. The molecule has 2 aromatic heterocycles. The number of pyridine rings is 2. The first-order valence-electron chi connectivity index (χ1n) is 9.27. The number of carbonyl (C=O) groups excluding carboxylic acids is 2. The van der Waals surface area contributed by atoms with E-state index < -0.39 is 5.97 Å². The smallest absolute Gasteiger partial charge is 0.339 e. The van der Waals surface area contributed by atoms with Crippen LogP contribution >= 0.6 is 0 Å². The molecule has 0 spiro atoms. The molecule has 0 saturated heterocycles. The molecule has 1 amide bonds. The number of ether oxygens (including phenoxy) is 2. The van der Waals surface area contributed by atoms with Crippen molar-refractivity contribution < 1.29 is 23.5 Å². The van der Waals surface area contributed by atoms with E-state index in [1.54, 1.807) is 32.2 Å². The van der Waals surface area contributed by atoms with Crippen LogP contribution in [0.1, 0.15) is 39.0 Å². The predicted octanol–water partition coefficient (Wildman–Crippen LogP) is 3.82. The monoisotopic (exact) mass is 409 g/mol. The largest absolute Gasteiger partial charge is 0.462 e. The SMILES string of the molecule is CCOC(=O)c1ccc(C(=O)NCc2ccc(Oc3ccc(F)cc3)nc2)nc1C. The van der Waals surface area contributed by atoms with Gasteiger partial charge in [0.05, 0.1) is 17.9 Å². The molecule has 0 aliphatic rings. The third-order valence-electron chi connectivity index (χ3n) is 4.10. The number of aryl methyl sites for hydroxylation is 1. The van der Waals surface area contributed by atoms with Gasteiger partial charge in [-0.1, -0.05) is 6.07 Å². The van der Waals surface area contributed by atoms with Gasteiger partial charge in [0.2, 0.25) is 5.88 Å². The fourth-order valence-corrected chi connectivity index (χ4v) is 2.58. The van der Waals surface area contributed by atoms with E-state index in [-0.39, 0.29) is 30.6 Å². The van der Waals surface area contributed by atoms with Crippen LogP contribution in [0.15, 0.2) is 54.7 Å². The van der Waals surface area contributed by atoms with Crippen LogP contribution in [-0.2, 0) is 11.3 Å². The van der Waals surface area contributed by atoms with Crippen molar-refractivity contribution in [3.63, 3.8) is 0 Å². The Labute approximate surface area is 172 Å². The molecule has 0 atom stereocenters. The minimum Gasteiger partial charge on any atom is -0.462 e. The van der Waals surface area contributed by atoms with Gasteiger partial charge >= 0.3 is 5.97 Å². The number of hydrogen-bond donors (Lipinski definition) is 1. The summed E-state index contributed by atoms with van der Waals surface area (Å²) in [4.78, 5) is 32.5. The molecule has 1 aromatic carbocycles. The Morgan fingerprint density at radius 1 is 1.07 bits per heavy atom. The third kappa shape index (κ3) is 5.38. The van der Waals surface area contributed by atoms with E-state index in [0.29, 0.717) is 22.9 Å². The van der Waals surface area contributed by atoms with Gasteiger partial charge in [0.15, 0.2) is 0 Å². The van der Waals surface area contributed by atoms with Crippen LogP contribution in [0.5, 0.6) is 11.6 Å². The van der Waals surface area contributed by atoms with Gasteiger partial charge in [0.25, 0.3) is 5.91 Å². The summed E-state index contributed by atoms with van der Waals surface area (Å²) in [5, 5.41) is 2.75. The van der Waals surface area contributed by atoms with E-state index in [1.165, 1.54) is 36.4 Å². The Morgan fingerprint density at radius 3 is 2.47 bits per heavy atom. The van der Waals surface area contributed by atoms with Gasteiger partial charge in [0, 0.05) is 18.8 Å². The minimum absolute atomic E-state index is 0.199. The molecule has 0 saturated carbocycles. The van der Waals surface area contributed by atoms with E-state index in [2.05, 4.69) is 15.3 Å². The number of rotatable bonds is 7. The van der Waals surface area contributed by atoms with Crippen molar-refractivity contribution >= 4 is 11.9 Å².